The van der Waals surface area contributed by atoms with E-state index in [1.807, 2.05) is 0 Å². The average molecular weight is 428 g/mol. The van der Waals surface area contributed by atoms with Crippen molar-refractivity contribution in [2.24, 2.45) is 0 Å². The van der Waals surface area contributed by atoms with E-state index in [-0.39, 0.29) is 23.8 Å². The van der Waals surface area contributed by atoms with Crippen LogP contribution in [0.25, 0.3) is 0 Å². The van der Waals surface area contributed by atoms with Crippen molar-refractivity contribution in [1.29, 1.82) is 0 Å². The van der Waals surface area contributed by atoms with E-state index in [1.54, 1.807) is 6.92 Å². The van der Waals surface area contributed by atoms with Gasteiger partial charge < -0.3 is 14.1 Å². The van der Waals surface area contributed by atoms with Crippen molar-refractivity contribution in [3.8, 4) is 5.75 Å². The fourth-order valence-electron chi connectivity index (χ4n) is 2.54. The number of halogens is 4. The van der Waals surface area contributed by atoms with Gasteiger partial charge in [-0.25, -0.2) is 9.37 Å². The highest BCUT2D eigenvalue weighted by atomic mass is 32.1. The first-order valence-electron chi connectivity index (χ1n) is 8.44. The highest BCUT2D eigenvalue weighted by molar-refractivity contribution is 7.13. The Kier molecular flexibility index (Phi) is 6.21. The number of aryl methyl sites for hydroxylation is 1. The fourth-order valence-corrected chi connectivity index (χ4v) is 3.48. The molecule has 1 aromatic carbocycles. The van der Waals surface area contributed by atoms with E-state index in [9.17, 15) is 22.4 Å². The van der Waals surface area contributed by atoms with Crippen molar-refractivity contribution < 1.29 is 31.5 Å². The largest absolute Gasteiger partial charge is 0.486 e. The van der Waals surface area contributed by atoms with Crippen LogP contribution in [-0.2, 0) is 13.2 Å². The number of rotatable bonds is 7. The van der Waals surface area contributed by atoms with Gasteiger partial charge in [-0.1, -0.05) is 0 Å². The number of nitrogens with zero attached hydrogens (tertiary/aromatic N) is 2. The minimum atomic E-state index is -4.56. The van der Waals surface area contributed by atoms with Gasteiger partial charge in [0.2, 0.25) is 0 Å². The highest BCUT2D eigenvalue weighted by Gasteiger charge is 2.35. The van der Waals surface area contributed by atoms with Crippen LogP contribution in [0, 0.1) is 12.7 Å². The van der Waals surface area contributed by atoms with Gasteiger partial charge in [-0.3, -0.25) is 4.79 Å². The molecule has 3 rings (SSSR count). The third-order valence-electron chi connectivity index (χ3n) is 3.80. The number of carbonyl (C=O) groups is 1. The normalized spacial score (nSPS) is 11.5. The number of amides is 1. The van der Waals surface area contributed by atoms with Gasteiger partial charge in [0.25, 0.3) is 5.91 Å². The zero-order valence-electron chi connectivity index (χ0n) is 15.2. The molecule has 3 aromatic rings. The lowest BCUT2D eigenvalue weighted by atomic mass is 10.3. The molecular weight excluding hydrogens is 412 g/mol. The zero-order valence-corrected chi connectivity index (χ0v) is 16.0. The first-order valence-corrected chi connectivity index (χ1v) is 9.26. The minimum Gasteiger partial charge on any atom is -0.486 e. The second-order valence-electron chi connectivity index (χ2n) is 6.12. The van der Waals surface area contributed by atoms with Crippen LogP contribution >= 0.6 is 11.3 Å². The first kappa shape index (κ1) is 20.8. The van der Waals surface area contributed by atoms with Crippen molar-refractivity contribution in [3.63, 3.8) is 0 Å². The lowest BCUT2D eigenvalue weighted by Gasteiger charge is -2.22. The van der Waals surface area contributed by atoms with Crippen LogP contribution in [0.15, 0.2) is 47.1 Å². The smallest absolute Gasteiger partial charge is 0.406 e. The highest BCUT2D eigenvalue weighted by Crippen LogP contribution is 2.25. The van der Waals surface area contributed by atoms with Crippen molar-refractivity contribution >= 4 is 17.2 Å². The molecule has 0 fully saturated rings. The lowest BCUT2D eigenvalue weighted by Crippen LogP contribution is -2.38. The van der Waals surface area contributed by atoms with Crippen LogP contribution in [-0.4, -0.2) is 28.5 Å². The van der Waals surface area contributed by atoms with Gasteiger partial charge >= 0.3 is 6.18 Å². The van der Waals surface area contributed by atoms with Gasteiger partial charge in [-0.05, 0) is 43.3 Å². The van der Waals surface area contributed by atoms with Crippen LogP contribution in [0.1, 0.15) is 26.1 Å². The van der Waals surface area contributed by atoms with E-state index in [1.165, 1.54) is 42.7 Å². The fraction of sp³-hybridized carbons (Fsp3) is 0.263. The third-order valence-corrected chi connectivity index (χ3v) is 4.91. The Morgan fingerprint density at radius 3 is 2.59 bits per heavy atom. The summed E-state index contributed by atoms with van der Waals surface area (Å²) in [5.41, 5.74) is 0.310. The summed E-state index contributed by atoms with van der Waals surface area (Å²) in [4.78, 5) is 17.7. The minimum absolute atomic E-state index is 0.00186. The van der Waals surface area contributed by atoms with E-state index in [2.05, 4.69) is 4.98 Å². The lowest BCUT2D eigenvalue weighted by molar-refractivity contribution is -0.142. The Labute approximate surface area is 167 Å². The molecule has 0 radical (unpaired) electrons. The predicted molar refractivity (Wildman–Crippen MR) is 97.1 cm³/mol. The van der Waals surface area contributed by atoms with E-state index in [4.69, 9.17) is 9.15 Å². The monoisotopic (exact) mass is 428 g/mol. The maximum absolute atomic E-state index is 13.0. The number of benzene rings is 1. The molecule has 0 aliphatic heterocycles. The van der Waals surface area contributed by atoms with Crippen LogP contribution in [0.5, 0.6) is 5.75 Å². The molecule has 2 heterocycles. The zero-order chi connectivity index (χ0) is 21.0. The summed E-state index contributed by atoms with van der Waals surface area (Å²) in [5.74, 6) is -0.549. The Bertz CT molecular complexity index is 953. The van der Waals surface area contributed by atoms with Crippen molar-refractivity contribution in [1.82, 2.24) is 9.88 Å². The Hall–Kier alpha value is -2.88. The average Bonchev–Trinajstić information content (AvgIpc) is 3.28. The predicted octanol–water partition coefficient (Wildman–Crippen LogP) is 4.97. The molecule has 0 aliphatic carbocycles. The molecule has 0 saturated heterocycles. The molecule has 5 nitrogen and oxygen atoms in total. The number of aromatic nitrogens is 1. The Balaban J connectivity index is 1.74. The SMILES string of the molecule is Cc1nc(COc2ccc(F)cc2)sc1C(=O)N(Cc1ccco1)CC(F)(F)F. The maximum Gasteiger partial charge on any atom is 0.406 e. The summed E-state index contributed by atoms with van der Waals surface area (Å²) >= 11 is 0.958. The second-order valence-corrected chi connectivity index (χ2v) is 7.20. The standard InChI is InChI=1S/C19H16F4N2O3S/c1-12-17(29-16(24-12)10-28-14-6-4-13(20)5-7-14)18(26)25(11-19(21,22)23)9-15-3-2-8-27-15/h2-8H,9-11H2,1H3. The topological polar surface area (TPSA) is 55.6 Å². The number of hydrogen-bond donors (Lipinski definition) is 0. The molecule has 154 valence electrons. The number of carbonyl (C=O) groups excluding carboxylic acids is 1. The van der Waals surface area contributed by atoms with Crippen LogP contribution in [0.4, 0.5) is 17.6 Å². The molecule has 0 atom stereocenters. The molecule has 1 amide bonds. The molecule has 29 heavy (non-hydrogen) atoms. The molecule has 0 unspecified atom stereocenters. The van der Waals surface area contributed by atoms with Gasteiger partial charge in [-0.2, -0.15) is 13.2 Å². The summed E-state index contributed by atoms with van der Waals surface area (Å²) in [6.45, 7) is -0.180. The van der Waals surface area contributed by atoms with Crippen LogP contribution in [0.2, 0.25) is 0 Å². The summed E-state index contributed by atoms with van der Waals surface area (Å²) in [5, 5.41) is 0.417. The van der Waals surface area contributed by atoms with E-state index < -0.39 is 24.4 Å². The number of furan rings is 1. The van der Waals surface area contributed by atoms with Crippen LogP contribution in [0.3, 0.4) is 0 Å². The Morgan fingerprint density at radius 1 is 1.24 bits per heavy atom. The van der Waals surface area contributed by atoms with E-state index >= 15 is 0 Å². The van der Waals surface area contributed by atoms with E-state index in [0.717, 1.165) is 11.3 Å². The second kappa shape index (κ2) is 8.64. The maximum atomic E-state index is 13.0. The molecule has 0 bridgehead atoms. The number of ether oxygens (including phenoxy) is 1. The van der Waals surface area contributed by atoms with Gasteiger partial charge in [0, 0.05) is 0 Å². The van der Waals surface area contributed by atoms with E-state index in [0.29, 0.717) is 21.4 Å². The van der Waals surface area contributed by atoms with Crippen molar-refractivity contribution in [3.05, 3.63) is 69.8 Å². The molecule has 0 spiro atoms. The molecule has 0 N–H and O–H groups in total. The number of alkyl halides is 3. The Morgan fingerprint density at radius 2 is 1.97 bits per heavy atom. The summed E-state index contributed by atoms with van der Waals surface area (Å²) in [6, 6.07) is 8.39. The molecule has 0 aliphatic rings. The molecule has 0 saturated carbocycles. The summed E-state index contributed by atoms with van der Waals surface area (Å²) in [7, 11) is 0. The first-order chi connectivity index (χ1) is 13.7. The van der Waals surface area contributed by atoms with Gasteiger partial charge in [0.1, 0.15) is 40.4 Å². The van der Waals surface area contributed by atoms with Gasteiger partial charge in [0.05, 0.1) is 18.5 Å². The third kappa shape index (κ3) is 5.80. The summed E-state index contributed by atoms with van der Waals surface area (Å²) in [6.07, 6.45) is -3.23. The molecule has 2 aromatic heterocycles. The van der Waals surface area contributed by atoms with Crippen molar-refractivity contribution in [2.45, 2.75) is 26.3 Å². The summed E-state index contributed by atoms with van der Waals surface area (Å²) < 4.78 is 62.4. The number of hydrogen-bond acceptors (Lipinski definition) is 5. The van der Waals surface area contributed by atoms with Gasteiger partial charge in [0.15, 0.2) is 0 Å². The van der Waals surface area contributed by atoms with Crippen molar-refractivity contribution in [2.75, 3.05) is 6.54 Å². The quantitative estimate of drug-likeness (QED) is 0.499. The molecular formula is C19H16F4N2O3S. The molecule has 10 heteroatoms. The number of thiazole rings is 1. The van der Waals surface area contributed by atoms with Gasteiger partial charge in [-0.15, -0.1) is 11.3 Å². The van der Waals surface area contributed by atoms with Crippen LogP contribution < -0.4 is 4.74 Å².